The quantitative estimate of drug-likeness (QED) is 0.760. The predicted octanol–water partition coefficient (Wildman–Crippen LogP) is -0.573. The molecule has 2 rings (SSSR count). The Kier molecular flexibility index (Phi) is 5.00. The Bertz CT molecular complexity index is 596. The minimum Gasteiger partial charge on any atom is -0.353 e. The SMILES string of the molecule is Cc1cnn(CCNC(=O)CN(C)[C@H]2CCS(=O)(=O)C2)c1. The van der Waals surface area contributed by atoms with Crippen LogP contribution in [0, 0.1) is 6.92 Å². The standard InChI is InChI=1S/C13H22N4O3S/c1-11-7-15-17(8-11)5-4-14-13(18)9-16(2)12-3-6-21(19,20)10-12/h7-8,12H,3-6,9-10H2,1-2H3,(H,14,18)/t12-/m0/s1. The van der Waals surface area contributed by atoms with E-state index < -0.39 is 9.84 Å². The minimum atomic E-state index is -2.91. The van der Waals surface area contributed by atoms with Gasteiger partial charge in [-0.25, -0.2) is 8.42 Å². The van der Waals surface area contributed by atoms with Gasteiger partial charge in [0.05, 0.1) is 30.8 Å². The fourth-order valence-corrected chi connectivity index (χ4v) is 4.24. The first-order valence-electron chi connectivity index (χ1n) is 7.02. The van der Waals surface area contributed by atoms with Crippen molar-refractivity contribution in [3.63, 3.8) is 0 Å². The number of carbonyl (C=O) groups excluding carboxylic acids is 1. The summed E-state index contributed by atoms with van der Waals surface area (Å²) in [6, 6.07) is -0.0467. The summed E-state index contributed by atoms with van der Waals surface area (Å²) in [6.07, 6.45) is 4.30. The summed E-state index contributed by atoms with van der Waals surface area (Å²) in [7, 11) is -1.12. The second kappa shape index (κ2) is 6.57. The first-order chi connectivity index (χ1) is 9.85. The molecule has 0 spiro atoms. The summed E-state index contributed by atoms with van der Waals surface area (Å²) in [5, 5.41) is 6.97. The van der Waals surface area contributed by atoms with Crippen LogP contribution >= 0.6 is 0 Å². The van der Waals surface area contributed by atoms with Gasteiger partial charge < -0.3 is 5.32 Å². The van der Waals surface area contributed by atoms with E-state index in [1.54, 1.807) is 17.9 Å². The zero-order chi connectivity index (χ0) is 15.5. The van der Waals surface area contributed by atoms with Crippen molar-refractivity contribution in [3.8, 4) is 0 Å². The number of sulfone groups is 1. The van der Waals surface area contributed by atoms with Crippen LogP contribution in [-0.2, 0) is 21.2 Å². The molecule has 0 bridgehead atoms. The molecule has 0 aliphatic carbocycles. The van der Waals surface area contributed by atoms with E-state index in [-0.39, 0.29) is 30.0 Å². The number of nitrogens with one attached hydrogen (secondary N) is 1. The normalized spacial score (nSPS) is 20.8. The average Bonchev–Trinajstić information content (AvgIpc) is 2.95. The second-order valence-corrected chi connectivity index (χ2v) is 7.83. The third kappa shape index (κ3) is 4.82. The minimum absolute atomic E-state index is 0.0467. The molecule has 1 aromatic rings. The Morgan fingerprint density at radius 3 is 2.90 bits per heavy atom. The number of amides is 1. The van der Waals surface area contributed by atoms with E-state index >= 15 is 0 Å². The molecule has 7 nitrogen and oxygen atoms in total. The number of nitrogens with zero attached hydrogens (tertiary/aromatic N) is 3. The van der Waals surface area contributed by atoms with Gasteiger partial charge in [0.25, 0.3) is 0 Å². The van der Waals surface area contributed by atoms with Crippen LogP contribution in [0.4, 0.5) is 0 Å². The second-order valence-electron chi connectivity index (χ2n) is 5.60. The number of aryl methyl sites for hydroxylation is 1. The van der Waals surface area contributed by atoms with Crippen molar-refractivity contribution in [2.45, 2.75) is 25.9 Å². The van der Waals surface area contributed by atoms with Gasteiger partial charge in [0, 0.05) is 18.8 Å². The van der Waals surface area contributed by atoms with Crippen LogP contribution in [0.25, 0.3) is 0 Å². The Hall–Kier alpha value is -1.41. The van der Waals surface area contributed by atoms with Gasteiger partial charge in [-0.15, -0.1) is 0 Å². The molecule has 2 heterocycles. The molecule has 8 heteroatoms. The Balaban J connectivity index is 1.69. The summed E-state index contributed by atoms with van der Waals surface area (Å²) in [6.45, 7) is 3.32. The lowest BCUT2D eigenvalue weighted by molar-refractivity contribution is -0.122. The van der Waals surface area contributed by atoms with Crippen LogP contribution in [0.2, 0.25) is 0 Å². The van der Waals surface area contributed by atoms with Crippen LogP contribution in [0.5, 0.6) is 0 Å². The maximum atomic E-state index is 11.8. The summed E-state index contributed by atoms with van der Waals surface area (Å²) in [4.78, 5) is 13.7. The van der Waals surface area contributed by atoms with Gasteiger partial charge >= 0.3 is 0 Å². The van der Waals surface area contributed by atoms with Crippen molar-refractivity contribution in [1.82, 2.24) is 20.0 Å². The number of hydrogen-bond acceptors (Lipinski definition) is 5. The van der Waals surface area contributed by atoms with Gasteiger partial charge in [-0.2, -0.15) is 5.10 Å². The number of rotatable bonds is 6. The van der Waals surface area contributed by atoms with E-state index in [0.29, 0.717) is 19.5 Å². The molecule has 0 saturated carbocycles. The van der Waals surface area contributed by atoms with Crippen molar-refractivity contribution in [1.29, 1.82) is 0 Å². The lowest BCUT2D eigenvalue weighted by Gasteiger charge is -2.22. The van der Waals surface area contributed by atoms with E-state index in [9.17, 15) is 13.2 Å². The summed E-state index contributed by atoms with van der Waals surface area (Å²) in [5.74, 6) is 0.289. The molecule has 0 unspecified atom stereocenters. The van der Waals surface area contributed by atoms with Crippen LogP contribution in [0.1, 0.15) is 12.0 Å². The molecule has 1 fully saturated rings. The molecule has 118 valence electrons. The summed E-state index contributed by atoms with van der Waals surface area (Å²) >= 11 is 0. The Labute approximate surface area is 125 Å². The lowest BCUT2D eigenvalue weighted by atomic mass is 10.2. The maximum absolute atomic E-state index is 11.8. The molecule has 1 aromatic heterocycles. The average molecular weight is 314 g/mol. The van der Waals surface area contributed by atoms with Crippen molar-refractivity contribution in [3.05, 3.63) is 18.0 Å². The Morgan fingerprint density at radius 2 is 2.33 bits per heavy atom. The molecule has 1 aliphatic rings. The monoisotopic (exact) mass is 314 g/mol. The van der Waals surface area contributed by atoms with Crippen LogP contribution in [0.3, 0.4) is 0 Å². The molecular weight excluding hydrogens is 292 g/mol. The van der Waals surface area contributed by atoms with E-state index in [4.69, 9.17) is 0 Å². The third-order valence-corrected chi connectivity index (χ3v) is 5.40. The Morgan fingerprint density at radius 1 is 1.57 bits per heavy atom. The first-order valence-corrected chi connectivity index (χ1v) is 8.84. The molecule has 1 N–H and O–H groups in total. The highest BCUT2D eigenvalue weighted by molar-refractivity contribution is 7.91. The van der Waals surface area contributed by atoms with E-state index in [1.165, 1.54) is 0 Å². The number of likely N-dealkylation sites (N-methyl/N-ethyl adjacent to an activating group) is 1. The van der Waals surface area contributed by atoms with Crippen molar-refractivity contribution in [2.24, 2.45) is 0 Å². The highest BCUT2D eigenvalue weighted by Gasteiger charge is 2.31. The maximum Gasteiger partial charge on any atom is 0.234 e. The van der Waals surface area contributed by atoms with Gasteiger partial charge in [-0.1, -0.05) is 0 Å². The van der Waals surface area contributed by atoms with Gasteiger partial charge in [-0.05, 0) is 26.0 Å². The number of aromatic nitrogens is 2. The molecule has 1 saturated heterocycles. The van der Waals surface area contributed by atoms with Gasteiger partial charge in [0.1, 0.15) is 0 Å². The summed E-state index contributed by atoms with van der Waals surface area (Å²) in [5.41, 5.74) is 1.09. The van der Waals surface area contributed by atoms with Crippen LogP contribution in [0.15, 0.2) is 12.4 Å². The van der Waals surface area contributed by atoms with Gasteiger partial charge in [-0.3, -0.25) is 14.4 Å². The summed E-state index contributed by atoms with van der Waals surface area (Å²) < 4.78 is 24.6. The van der Waals surface area contributed by atoms with Gasteiger partial charge in [0.15, 0.2) is 9.84 Å². The zero-order valence-corrected chi connectivity index (χ0v) is 13.3. The molecule has 1 atom stereocenters. The zero-order valence-electron chi connectivity index (χ0n) is 12.4. The van der Waals surface area contributed by atoms with Crippen LogP contribution < -0.4 is 5.32 Å². The molecule has 0 radical (unpaired) electrons. The van der Waals surface area contributed by atoms with Crippen molar-refractivity contribution < 1.29 is 13.2 Å². The van der Waals surface area contributed by atoms with Crippen molar-refractivity contribution in [2.75, 3.05) is 31.6 Å². The molecule has 0 aromatic carbocycles. The van der Waals surface area contributed by atoms with E-state index in [1.807, 2.05) is 18.0 Å². The third-order valence-electron chi connectivity index (χ3n) is 3.65. The first kappa shape index (κ1) is 16.0. The van der Waals surface area contributed by atoms with Crippen LogP contribution in [-0.4, -0.2) is 66.7 Å². The van der Waals surface area contributed by atoms with Crippen molar-refractivity contribution >= 4 is 15.7 Å². The van der Waals surface area contributed by atoms with Gasteiger partial charge in [0.2, 0.25) is 5.91 Å². The fraction of sp³-hybridized carbons (Fsp3) is 0.692. The largest absolute Gasteiger partial charge is 0.353 e. The topological polar surface area (TPSA) is 84.3 Å². The molecule has 21 heavy (non-hydrogen) atoms. The lowest BCUT2D eigenvalue weighted by Crippen LogP contribution is -2.41. The van der Waals surface area contributed by atoms with E-state index in [2.05, 4.69) is 10.4 Å². The number of carbonyl (C=O) groups is 1. The molecule has 1 amide bonds. The highest BCUT2D eigenvalue weighted by atomic mass is 32.2. The highest BCUT2D eigenvalue weighted by Crippen LogP contribution is 2.15. The molecular formula is C13H22N4O3S. The number of hydrogen-bond donors (Lipinski definition) is 1. The van der Waals surface area contributed by atoms with E-state index in [0.717, 1.165) is 5.56 Å². The fourth-order valence-electron chi connectivity index (χ4n) is 2.43. The molecule has 1 aliphatic heterocycles. The predicted molar refractivity (Wildman–Crippen MR) is 79.7 cm³/mol. The smallest absolute Gasteiger partial charge is 0.234 e.